The van der Waals surface area contributed by atoms with Crippen LogP contribution in [-0.4, -0.2) is 72.5 Å². The normalized spacial score (nSPS) is 40.3. The molecule has 6 aliphatic rings. The van der Waals surface area contributed by atoms with Gasteiger partial charge < -0.3 is 29.6 Å². The fraction of sp³-hybridized carbons (Fsp3) is 0.647. The summed E-state index contributed by atoms with van der Waals surface area (Å²) in [4.78, 5) is 49.7. The van der Waals surface area contributed by atoms with Gasteiger partial charge in [0.15, 0.2) is 0 Å². The molecule has 0 aromatic carbocycles. The molecule has 4 aliphatic heterocycles. The van der Waals surface area contributed by atoms with Gasteiger partial charge in [0.2, 0.25) is 11.8 Å². The Morgan fingerprint density at radius 1 is 0.773 bits per heavy atom. The van der Waals surface area contributed by atoms with E-state index in [1.54, 1.807) is 0 Å². The fourth-order valence-corrected chi connectivity index (χ4v) is 7.39. The number of carbonyl (C=O) groups is 4. The summed E-state index contributed by atoms with van der Waals surface area (Å²) in [6, 6.07) is 0. The van der Waals surface area contributed by atoms with Crippen LogP contribution in [0.3, 0.4) is 0 Å². The maximum absolute atomic E-state index is 12.7. The molecular weight excluding hydrogens is 564 g/mol. The second-order valence-electron chi connectivity index (χ2n) is 13.6. The van der Waals surface area contributed by atoms with Crippen molar-refractivity contribution in [3.8, 4) is 0 Å². The van der Waals surface area contributed by atoms with Crippen molar-refractivity contribution in [3.63, 3.8) is 0 Å². The van der Waals surface area contributed by atoms with Crippen LogP contribution in [0.15, 0.2) is 47.6 Å². The van der Waals surface area contributed by atoms with Crippen molar-refractivity contribution < 1.29 is 38.1 Å². The van der Waals surface area contributed by atoms with E-state index in [1.165, 1.54) is 0 Å². The largest absolute Gasteiger partial charge is 0.455 e. The maximum Gasteiger partial charge on any atom is 0.334 e. The summed E-state index contributed by atoms with van der Waals surface area (Å²) in [5.41, 5.74) is 2.58. The number of epoxide rings is 2. The number of allylic oxidation sites excluding steroid dienone is 2. The highest BCUT2D eigenvalue weighted by atomic mass is 16.7. The lowest BCUT2D eigenvalue weighted by Gasteiger charge is -2.20. The highest BCUT2D eigenvalue weighted by Gasteiger charge is 2.62. The molecule has 2 amide bonds. The Morgan fingerprint density at radius 2 is 1.18 bits per heavy atom. The van der Waals surface area contributed by atoms with Crippen LogP contribution in [0.1, 0.15) is 78.1 Å². The molecule has 2 aliphatic carbocycles. The van der Waals surface area contributed by atoms with Crippen molar-refractivity contribution in [2.45, 2.75) is 114 Å². The number of hydrogen-bond donors (Lipinski definition) is 2. The highest BCUT2D eigenvalue weighted by Crippen LogP contribution is 2.51. The monoisotopic (exact) mass is 608 g/mol. The minimum atomic E-state index is -0.342. The maximum atomic E-state index is 12.7. The Balaban J connectivity index is 0.949. The van der Waals surface area contributed by atoms with Crippen molar-refractivity contribution in [1.82, 2.24) is 10.6 Å². The molecule has 0 unspecified atom stereocenters. The summed E-state index contributed by atoms with van der Waals surface area (Å²) in [5, 5.41) is 5.93. The number of nitrogens with one attached hydrogen (secondary N) is 2. The fourth-order valence-electron chi connectivity index (χ4n) is 7.39. The second kappa shape index (κ2) is 11.9. The Hall–Kier alpha value is -3.24. The van der Waals surface area contributed by atoms with Crippen LogP contribution in [-0.2, 0) is 38.1 Å². The molecule has 238 valence electrons. The van der Waals surface area contributed by atoms with Crippen molar-refractivity contribution in [3.05, 3.63) is 47.6 Å². The quantitative estimate of drug-likeness (QED) is 0.194. The zero-order chi connectivity index (χ0) is 31.2. The predicted octanol–water partition coefficient (Wildman–Crippen LogP) is 3.51. The first kappa shape index (κ1) is 30.8. The summed E-state index contributed by atoms with van der Waals surface area (Å²) in [5.74, 6) is -1.23. The summed E-state index contributed by atoms with van der Waals surface area (Å²) in [7, 11) is 0. The molecule has 0 radical (unpaired) electrons. The topological polar surface area (TPSA) is 136 Å². The minimum Gasteiger partial charge on any atom is -0.455 e. The van der Waals surface area contributed by atoms with E-state index in [0.717, 1.165) is 49.7 Å². The molecule has 4 heterocycles. The van der Waals surface area contributed by atoms with Crippen LogP contribution in [0.5, 0.6) is 0 Å². The zero-order valence-electron chi connectivity index (χ0n) is 25.8. The number of amides is 2. The third-order valence-corrected chi connectivity index (χ3v) is 10.5. The third kappa shape index (κ3) is 6.29. The van der Waals surface area contributed by atoms with Gasteiger partial charge in [-0.1, -0.05) is 36.5 Å². The number of fused-ring (bicyclic) bond motifs is 6. The van der Waals surface area contributed by atoms with Crippen molar-refractivity contribution in [2.24, 2.45) is 11.8 Å². The Kier molecular flexibility index (Phi) is 8.34. The van der Waals surface area contributed by atoms with Crippen LogP contribution in [0.25, 0.3) is 0 Å². The molecule has 2 N–H and O–H groups in total. The highest BCUT2D eigenvalue weighted by molar-refractivity contribution is 5.91. The number of hydrogen-bond acceptors (Lipinski definition) is 8. The first-order chi connectivity index (χ1) is 21.0. The number of rotatable bonds is 7. The Labute approximate surface area is 258 Å². The van der Waals surface area contributed by atoms with Crippen molar-refractivity contribution in [2.75, 3.05) is 13.1 Å². The van der Waals surface area contributed by atoms with Crippen LogP contribution in [0, 0.1) is 11.8 Å². The second-order valence-corrected chi connectivity index (χ2v) is 13.6. The summed E-state index contributed by atoms with van der Waals surface area (Å²) < 4.78 is 23.2. The molecule has 8 atom stereocenters. The summed E-state index contributed by atoms with van der Waals surface area (Å²) >= 11 is 0. The van der Waals surface area contributed by atoms with Crippen LogP contribution < -0.4 is 10.6 Å². The average Bonchev–Trinajstić information content (AvgIpc) is 3.80. The van der Waals surface area contributed by atoms with Gasteiger partial charge in [-0.15, -0.1) is 0 Å². The lowest BCUT2D eigenvalue weighted by Crippen LogP contribution is -2.31. The first-order valence-electron chi connectivity index (χ1n) is 16.0. The minimum absolute atomic E-state index is 0.0858. The molecule has 4 saturated heterocycles. The smallest absolute Gasteiger partial charge is 0.334 e. The zero-order valence-corrected chi connectivity index (χ0v) is 25.8. The van der Waals surface area contributed by atoms with Gasteiger partial charge >= 0.3 is 11.9 Å². The van der Waals surface area contributed by atoms with E-state index in [-0.39, 0.29) is 84.0 Å². The van der Waals surface area contributed by atoms with E-state index >= 15 is 0 Å². The molecule has 0 saturated carbocycles. The SMILES string of the molecule is C=C1C(=O)O[C@@H]2[C@@H]1CC/C(CNC(=O)CCC(=O)NC/C1=C/CC[C@@]3(C)O[C@H]3[C@H]3OC(=O)C(=C)[C@@H]3CC1)=C\CC[C@]1(C)O[C@H]21. The van der Waals surface area contributed by atoms with E-state index in [0.29, 0.717) is 37.1 Å². The first-order valence-corrected chi connectivity index (χ1v) is 16.0. The molecule has 10 nitrogen and oxygen atoms in total. The number of esters is 2. The lowest BCUT2D eigenvalue weighted by atomic mass is 9.84. The molecule has 0 bridgehead atoms. The molecule has 6 rings (SSSR count). The van der Waals surface area contributed by atoms with Crippen LogP contribution >= 0.6 is 0 Å². The molecular formula is C34H44N2O8. The van der Waals surface area contributed by atoms with Gasteiger partial charge in [-0.05, 0) is 65.2 Å². The van der Waals surface area contributed by atoms with Crippen molar-refractivity contribution >= 4 is 23.8 Å². The summed E-state index contributed by atoms with van der Waals surface area (Å²) in [6.07, 6.45) is 9.85. The van der Waals surface area contributed by atoms with Gasteiger partial charge in [0.25, 0.3) is 0 Å². The van der Waals surface area contributed by atoms with Gasteiger partial charge in [-0.25, -0.2) is 9.59 Å². The van der Waals surface area contributed by atoms with E-state index < -0.39 is 0 Å². The molecule has 10 heteroatoms. The lowest BCUT2D eigenvalue weighted by molar-refractivity contribution is -0.140. The van der Waals surface area contributed by atoms with E-state index in [9.17, 15) is 19.2 Å². The number of ether oxygens (including phenoxy) is 4. The molecule has 0 spiro atoms. The van der Waals surface area contributed by atoms with E-state index in [4.69, 9.17) is 18.9 Å². The van der Waals surface area contributed by atoms with Gasteiger partial charge in [0, 0.05) is 48.9 Å². The molecule has 44 heavy (non-hydrogen) atoms. The van der Waals surface area contributed by atoms with Crippen molar-refractivity contribution in [1.29, 1.82) is 0 Å². The van der Waals surface area contributed by atoms with Gasteiger partial charge in [0.05, 0.1) is 11.2 Å². The molecule has 4 fully saturated rings. The summed E-state index contributed by atoms with van der Waals surface area (Å²) in [6.45, 7) is 12.8. The van der Waals surface area contributed by atoms with E-state index in [2.05, 4.69) is 49.8 Å². The molecule has 0 aromatic heterocycles. The van der Waals surface area contributed by atoms with Gasteiger partial charge in [0.1, 0.15) is 24.4 Å². The predicted molar refractivity (Wildman–Crippen MR) is 160 cm³/mol. The average molecular weight is 609 g/mol. The Bertz CT molecular complexity index is 1230. The molecule has 0 aromatic rings. The van der Waals surface area contributed by atoms with Crippen LogP contribution in [0.4, 0.5) is 0 Å². The van der Waals surface area contributed by atoms with Gasteiger partial charge in [-0.3, -0.25) is 9.59 Å². The standard InChI is InChI=1S/C34H44N2O8/c1-19-23-11-9-21(7-5-15-33(3)29(43-33)27(23)41-31(19)39)17-35-25(37)13-14-26(38)36-18-22-8-6-16-34(4)30(44-34)28-24(12-10-22)20(2)32(40)42-28/h7-8,23-24,27-30H,1-2,5-6,9-18H2,3-4H3,(H,35,37)(H,36,38)/b21-7+,22-8+/t23-,24+,27-,28+,29-,30+,33+,34-. The van der Waals surface area contributed by atoms with Gasteiger partial charge in [-0.2, -0.15) is 0 Å². The number of carbonyl (C=O) groups excluding carboxylic acids is 4. The Morgan fingerprint density at radius 3 is 1.59 bits per heavy atom. The van der Waals surface area contributed by atoms with Crippen LogP contribution in [0.2, 0.25) is 0 Å². The third-order valence-electron chi connectivity index (χ3n) is 10.5. The van der Waals surface area contributed by atoms with E-state index in [1.807, 2.05) is 0 Å².